The van der Waals surface area contributed by atoms with Gasteiger partial charge in [-0.2, -0.15) is 21.6 Å². The Kier molecular flexibility index (Phi) is 14.9. The molecule has 0 heterocycles. The van der Waals surface area contributed by atoms with Gasteiger partial charge in [0, 0.05) is 0 Å². The fraction of sp³-hybridized carbons (Fsp3) is 0. The standard InChI is InChI=1S/2Na.H8O19P6.2H/c;;1-20(2,3)15-22(7,8)17-24(11,12)19-25(13,14)18-23(9,10)16-21(4,5)6;;/h;;(H,7,8)(H,9,10)(H,11,12)(H,13,14)(H2,1,2,3)(H2,4,5,6);;. The van der Waals surface area contributed by atoms with E-state index in [0.717, 1.165) is 0 Å². The van der Waals surface area contributed by atoms with Crippen LogP contribution < -0.4 is 0 Å². The SMILES string of the molecule is O=P(O)(O)OP(=O)(O)OP(=O)(O)OP(=O)(O)OP(=O)(O)OP(=O)(O)O.[NaH].[NaH]. The second-order valence-corrected chi connectivity index (χ2v) is 12.2. The van der Waals surface area contributed by atoms with E-state index in [2.05, 4.69) is 21.6 Å². The van der Waals surface area contributed by atoms with Gasteiger partial charge in [-0.15, -0.1) is 0 Å². The first-order valence-electron chi connectivity index (χ1n) is 4.52. The fourth-order valence-electron chi connectivity index (χ4n) is 0.720. The molecule has 0 aromatic carbocycles. The van der Waals surface area contributed by atoms with Gasteiger partial charge < -0.3 is 39.1 Å². The van der Waals surface area contributed by atoms with Gasteiger partial charge in [0.1, 0.15) is 0 Å². The Morgan fingerprint density at radius 1 is 0.370 bits per heavy atom. The maximum atomic E-state index is 11.2. The van der Waals surface area contributed by atoms with Crippen LogP contribution in [-0.2, 0) is 48.9 Å². The van der Waals surface area contributed by atoms with Crippen LogP contribution in [0.3, 0.4) is 0 Å². The summed E-state index contributed by atoms with van der Waals surface area (Å²) >= 11 is 0. The molecule has 0 spiro atoms. The van der Waals surface area contributed by atoms with Crippen molar-refractivity contribution >= 4 is 106 Å². The first-order valence-corrected chi connectivity index (χ1v) is 13.6. The fourth-order valence-corrected chi connectivity index (χ4v) is 7.55. The van der Waals surface area contributed by atoms with Crippen LogP contribution >= 0.6 is 46.9 Å². The van der Waals surface area contributed by atoms with Crippen molar-refractivity contribution in [2.75, 3.05) is 0 Å². The molecular weight excluding hydrogens is 536 g/mol. The predicted molar refractivity (Wildman–Crippen MR) is 83.1 cm³/mol. The van der Waals surface area contributed by atoms with Crippen LogP contribution in [0.5, 0.6) is 0 Å². The normalized spacial score (nSPS) is 21.3. The van der Waals surface area contributed by atoms with E-state index >= 15 is 0 Å². The summed E-state index contributed by atoms with van der Waals surface area (Å²) in [5.41, 5.74) is 0. The van der Waals surface area contributed by atoms with Gasteiger partial charge in [0.15, 0.2) is 0 Å². The van der Waals surface area contributed by atoms with Crippen molar-refractivity contribution in [3.05, 3.63) is 0 Å². The summed E-state index contributed by atoms with van der Waals surface area (Å²) in [6.07, 6.45) is 0. The molecule has 0 radical (unpaired) electrons. The molecule has 19 nitrogen and oxygen atoms in total. The van der Waals surface area contributed by atoms with Crippen LogP contribution in [0.25, 0.3) is 0 Å². The predicted octanol–water partition coefficient (Wildman–Crippen LogP) is -1.64. The summed E-state index contributed by atoms with van der Waals surface area (Å²) in [5.74, 6) is 0. The Balaban J connectivity index is -0.00000288. The average molecular weight is 546 g/mol. The Labute approximate surface area is 192 Å². The summed E-state index contributed by atoms with van der Waals surface area (Å²) in [5, 5.41) is 0. The van der Waals surface area contributed by atoms with Crippen LogP contribution in [0.2, 0.25) is 0 Å². The van der Waals surface area contributed by atoms with Crippen LogP contribution in [0.1, 0.15) is 0 Å². The van der Waals surface area contributed by atoms with Gasteiger partial charge in [-0.05, 0) is 0 Å². The molecule has 4 atom stereocenters. The second kappa shape index (κ2) is 11.6. The second-order valence-electron chi connectivity index (χ2n) is 3.26. The van der Waals surface area contributed by atoms with Crippen molar-refractivity contribution in [2.45, 2.75) is 0 Å². The zero-order valence-electron chi connectivity index (χ0n) is 10.8. The Bertz CT molecular complexity index is 701. The molecule has 156 valence electrons. The summed E-state index contributed by atoms with van der Waals surface area (Å²) in [6, 6.07) is 0. The van der Waals surface area contributed by atoms with E-state index in [1.165, 1.54) is 0 Å². The number of phosphoric acid groups is 6. The first-order chi connectivity index (χ1) is 10.5. The molecule has 0 fully saturated rings. The van der Waals surface area contributed by atoms with Gasteiger partial charge in [-0.25, -0.2) is 27.4 Å². The molecule has 0 rings (SSSR count). The molecule has 0 aliphatic rings. The zero-order valence-corrected chi connectivity index (χ0v) is 16.1. The van der Waals surface area contributed by atoms with E-state index in [-0.39, 0.29) is 59.1 Å². The Morgan fingerprint density at radius 3 is 0.667 bits per heavy atom. The van der Waals surface area contributed by atoms with E-state index in [0.29, 0.717) is 0 Å². The van der Waals surface area contributed by atoms with Gasteiger partial charge in [0.25, 0.3) is 0 Å². The molecule has 8 N–H and O–H groups in total. The molecule has 27 heavy (non-hydrogen) atoms. The quantitative estimate of drug-likeness (QED) is 0.112. The van der Waals surface area contributed by atoms with Crippen molar-refractivity contribution in [2.24, 2.45) is 0 Å². The van der Waals surface area contributed by atoms with Crippen molar-refractivity contribution in [1.29, 1.82) is 0 Å². The first kappa shape index (κ1) is 34.5. The summed E-state index contributed by atoms with van der Waals surface area (Å²) in [6.45, 7) is 0. The topological polar surface area (TPSA) is 310 Å². The van der Waals surface area contributed by atoms with Crippen molar-refractivity contribution in [3.63, 3.8) is 0 Å². The van der Waals surface area contributed by atoms with Crippen molar-refractivity contribution in [1.82, 2.24) is 0 Å². The van der Waals surface area contributed by atoms with Crippen LogP contribution in [0, 0.1) is 0 Å². The molecule has 0 aliphatic carbocycles. The molecule has 0 saturated carbocycles. The Hall–Kier alpha value is 2.86. The number of rotatable bonds is 10. The molecule has 27 heteroatoms. The van der Waals surface area contributed by atoms with E-state index in [1.807, 2.05) is 0 Å². The monoisotopic (exact) mass is 546 g/mol. The third kappa shape index (κ3) is 19.3. The third-order valence-corrected chi connectivity index (χ3v) is 9.34. The van der Waals surface area contributed by atoms with Gasteiger partial charge in [-0.1, -0.05) is 0 Å². The van der Waals surface area contributed by atoms with Gasteiger partial charge in [0.2, 0.25) is 0 Å². The average Bonchev–Trinajstić information content (AvgIpc) is 1.97. The Morgan fingerprint density at radius 2 is 0.519 bits per heavy atom. The minimum atomic E-state index is -6.26. The molecular formula is H10Na2O19P6. The molecule has 0 saturated heterocycles. The summed E-state index contributed by atoms with van der Waals surface area (Å²) in [7, 11) is -36.2. The van der Waals surface area contributed by atoms with Gasteiger partial charge >= 0.3 is 106 Å². The molecule has 0 aliphatic heterocycles. The maximum absolute atomic E-state index is 11.2. The molecule has 4 unspecified atom stereocenters. The molecule has 0 aromatic rings. The van der Waals surface area contributed by atoms with Gasteiger partial charge in [-0.3, -0.25) is 0 Å². The van der Waals surface area contributed by atoms with E-state index in [4.69, 9.17) is 39.1 Å². The van der Waals surface area contributed by atoms with Crippen molar-refractivity contribution in [3.8, 4) is 0 Å². The van der Waals surface area contributed by atoms with E-state index in [1.54, 1.807) is 0 Å². The van der Waals surface area contributed by atoms with Crippen molar-refractivity contribution < 1.29 is 88.1 Å². The summed E-state index contributed by atoms with van der Waals surface area (Å²) in [4.78, 5) is 68.1. The van der Waals surface area contributed by atoms with E-state index < -0.39 is 46.9 Å². The van der Waals surface area contributed by atoms with Gasteiger partial charge in [0.05, 0.1) is 0 Å². The number of hydrogen-bond donors (Lipinski definition) is 8. The summed E-state index contributed by atoms with van der Waals surface area (Å²) < 4.78 is 80.4. The third-order valence-electron chi connectivity index (χ3n) is 1.04. The van der Waals surface area contributed by atoms with Crippen LogP contribution in [-0.4, -0.2) is 98.3 Å². The van der Waals surface area contributed by atoms with Crippen LogP contribution in [0.4, 0.5) is 0 Å². The van der Waals surface area contributed by atoms with Crippen LogP contribution in [0.15, 0.2) is 0 Å². The molecule has 0 aromatic heterocycles. The molecule has 0 bridgehead atoms. The van der Waals surface area contributed by atoms with E-state index in [9.17, 15) is 27.4 Å². The number of hydrogen-bond acceptors (Lipinski definition) is 11. The zero-order chi connectivity index (χ0) is 20.5. The minimum absolute atomic E-state index is 0. The molecule has 0 amide bonds.